The van der Waals surface area contributed by atoms with Crippen LogP contribution in [0, 0.1) is 0 Å². The average molecular weight is 276 g/mol. The Labute approximate surface area is 113 Å². The quantitative estimate of drug-likeness (QED) is 0.638. The van der Waals surface area contributed by atoms with Crippen LogP contribution < -0.4 is 21.3 Å². The van der Waals surface area contributed by atoms with Gasteiger partial charge in [-0.25, -0.2) is 0 Å². The number of nitrogen functional groups attached to an aromatic ring is 1. The first kappa shape index (κ1) is 13.4. The van der Waals surface area contributed by atoms with Gasteiger partial charge < -0.3 is 20.9 Å². The van der Waals surface area contributed by atoms with Gasteiger partial charge in [-0.15, -0.1) is 0 Å². The molecule has 8 heteroatoms. The van der Waals surface area contributed by atoms with Crippen LogP contribution in [0.2, 0.25) is 0 Å². The number of H-pyrrole nitrogens is 1. The van der Waals surface area contributed by atoms with Crippen molar-refractivity contribution in [3.05, 3.63) is 40.2 Å². The van der Waals surface area contributed by atoms with Crippen molar-refractivity contribution in [1.29, 1.82) is 0 Å². The molecule has 0 spiro atoms. The van der Waals surface area contributed by atoms with Crippen LogP contribution in [0.25, 0.3) is 0 Å². The molecule has 1 amide bonds. The third-order valence-corrected chi connectivity index (χ3v) is 2.51. The zero-order valence-electron chi connectivity index (χ0n) is 10.5. The Balaban J connectivity index is 2.25. The summed E-state index contributed by atoms with van der Waals surface area (Å²) in [5.74, 6) is -0.862. The van der Waals surface area contributed by atoms with Gasteiger partial charge in [-0.1, -0.05) is 0 Å². The Morgan fingerprint density at radius 1 is 1.40 bits per heavy atom. The van der Waals surface area contributed by atoms with Crippen LogP contribution in [-0.4, -0.2) is 28.1 Å². The number of hydrogen-bond donors (Lipinski definition) is 4. The lowest BCUT2D eigenvalue weighted by Crippen LogP contribution is -2.21. The summed E-state index contributed by atoms with van der Waals surface area (Å²) in [6, 6.07) is 6.23. The molecule has 104 valence electrons. The van der Waals surface area contributed by atoms with E-state index in [9.17, 15) is 14.7 Å². The number of ether oxygens (including phenoxy) is 1. The summed E-state index contributed by atoms with van der Waals surface area (Å²) >= 11 is 0. The largest absolute Gasteiger partial charge is 0.497 e. The van der Waals surface area contributed by atoms with E-state index >= 15 is 0 Å². The molecule has 8 nitrogen and oxygen atoms in total. The van der Waals surface area contributed by atoms with Crippen LogP contribution in [0.15, 0.2) is 29.1 Å². The fourth-order valence-corrected chi connectivity index (χ4v) is 1.52. The number of nitrogens with one attached hydrogen (secondary N) is 2. The maximum absolute atomic E-state index is 11.9. The first-order valence-electron chi connectivity index (χ1n) is 5.55. The lowest BCUT2D eigenvalue weighted by molar-refractivity contribution is 0.102. The van der Waals surface area contributed by atoms with E-state index in [1.165, 1.54) is 19.2 Å². The predicted molar refractivity (Wildman–Crippen MR) is 71.9 cm³/mol. The fraction of sp³-hybridized carbons (Fsp3) is 0.0833. The minimum absolute atomic E-state index is 0.241. The second kappa shape index (κ2) is 5.31. The molecule has 20 heavy (non-hydrogen) atoms. The van der Waals surface area contributed by atoms with Gasteiger partial charge in [0.25, 0.3) is 11.5 Å². The molecule has 2 rings (SSSR count). The van der Waals surface area contributed by atoms with Crippen molar-refractivity contribution >= 4 is 17.5 Å². The molecule has 0 aliphatic carbocycles. The highest BCUT2D eigenvalue weighted by atomic mass is 16.5. The van der Waals surface area contributed by atoms with E-state index < -0.39 is 17.3 Å². The minimum Gasteiger partial charge on any atom is -0.497 e. The molecule has 5 N–H and O–H groups in total. The number of nitrogens with two attached hydrogens (primary N) is 1. The molecule has 0 unspecified atom stereocenters. The number of benzene rings is 1. The molecule has 0 bridgehead atoms. The minimum atomic E-state index is -0.739. The van der Waals surface area contributed by atoms with Crippen molar-refractivity contribution in [1.82, 2.24) is 9.97 Å². The molecule has 0 radical (unpaired) electrons. The van der Waals surface area contributed by atoms with Gasteiger partial charge in [0.2, 0.25) is 11.8 Å². The van der Waals surface area contributed by atoms with E-state index in [0.717, 1.165) is 0 Å². The summed E-state index contributed by atoms with van der Waals surface area (Å²) in [6.07, 6.45) is 0. The molecule has 0 saturated heterocycles. The van der Waals surface area contributed by atoms with Gasteiger partial charge in [0.1, 0.15) is 5.75 Å². The number of carbonyl (C=O) groups excluding carboxylic acids is 1. The van der Waals surface area contributed by atoms with Crippen LogP contribution in [0.3, 0.4) is 0 Å². The number of carbonyl (C=O) groups is 1. The summed E-state index contributed by atoms with van der Waals surface area (Å²) in [4.78, 5) is 29.1. The number of anilines is 2. The normalized spacial score (nSPS) is 10.1. The van der Waals surface area contributed by atoms with Gasteiger partial charge in [0.05, 0.1) is 7.11 Å². The Kier molecular flexibility index (Phi) is 3.56. The molecular weight excluding hydrogens is 264 g/mol. The van der Waals surface area contributed by atoms with Crippen LogP contribution in [0.4, 0.5) is 11.6 Å². The standard InChI is InChI=1S/C12H12N4O4/c1-20-7-4-2-6(3-5-7)9(17)14-8-10(18)15-12(13)16-11(8)19/h2-5H,1H3,(H,14,17)(H4,13,15,16,18,19). The Bertz CT molecular complexity index is 694. The number of aromatic amines is 1. The van der Waals surface area contributed by atoms with Crippen LogP contribution in [0.5, 0.6) is 11.6 Å². The van der Waals surface area contributed by atoms with Gasteiger partial charge in [-0.05, 0) is 24.3 Å². The predicted octanol–water partition coefficient (Wildman–Crippen LogP) is 0.319. The molecule has 1 aromatic carbocycles. The zero-order valence-corrected chi connectivity index (χ0v) is 10.5. The maximum atomic E-state index is 11.9. The molecule has 1 aromatic heterocycles. The molecule has 0 saturated carbocycles. The molecule has 1 heterocycles. The van der Waals surface area contributed by atoms with E-state index in [0.29, 0.717) is 11.3 Å². The van der Waals surface area contributed by atoms with E-state index in [2.05, 4.69) is 15.3 Å². The lowest BCUT2D eigenvalue weighted by Gasteiger charge is -2.06. The van der Waals surface area contributed by atoms with E-state index in [-0.39, 0.29) is 11.6 Å². The number of aromatic hydroxyl groups is 1. The second-order valence-electron chi connectivity index (χ2n) is 3.83. The molecule has 0 aliphatic heterocycles. The van der Waals surface area contributed by atoms with Crippen LogP contribution in [-0.2, 0) is 0 Å². The van der Waals surface area contributed by atoms with E-state index in [1.807, 2.05) is 0 Å². The third kappa shape index (κ3) is 2.69. The maximum Gasteiger partial charge on any atom is 0.280 e. The fourth-order valence-electron chi connectivity index (χ4n) is 1.52. The number of hydrogen-bond acceptors (Lipinski definition) is 6. The Hall–Kier alpha value is -3.03. The van der Waals surface area contributed by atoms with Crippen molar-refractivity contribution < 1.29 is 14.6 Å². The molecule has 0 atom stereocenters. The number of methoxy groups -OCH3 is 1. The molecular formula is C12H12N4O4. The Morgan fingerprint density at radius 3 is 2.60 bits per heavy atom. The average Bonchev–Trinajstić information content (AvgIpc) is 2.42. The SMILES string of the molecule is COc1ccc(C(=O)Nc2c(O)nc(N)[nH]c2=O)cc1. The van der Waals surface area contributed by atoms with E-state index in [1.54, 1.807) is 12.1 Å². The second-order valence-corrected chi connectivity index (χ2v) is 3.83. The van der Waals surface area contributed by atoms with Crippen LogP contribution in [0.1, 0.15) is 10.4 Å². The van der Waals surface area contributed by atoms with Gasteiger partial charge in [0.15, 0.2) is 5.69 Å². The first-order chi connectivity index (χ1) is 9.51. The summed E-state index contributed by atoms with van der Waals surface area (Å²) in [5, 5.41) is 11.8. The summed E-state index contributed by atoms with van der Waals surface area (Å²) < 4.78 is 4.97. The highest BCUT2D eigenvalue weighted by Gasteiger charge is 2.14. The number of nitrogens with zero attached hydrogens (tertiary/aromatic N) is 1. The van der Waals surface area contributed by atoms with Gasteiger partial charge in [-0.3, -0.25) is 14.6 Å². The highest BCUT2D eigenvalue weighted by molar-refractivity contribution is 6.04. The summed E-state index contributed by atoms with van der Waals surface area (Å²) in [7, 11) is 1.51. The van der Waals surface area contributed by atoms with Crippen molar-refractivity contribution in [3.8, 4) is 11.6 Å². The molecule has 0 aliphatic rings. The van der Waals surface area contributed by atoms with Gasteiger partial charge in [-0.2, -0.15) is 4.98 Å². The summed E-state index contributed by atoms with van der Waals surface area (Å²) in [5.41, 5.74) is 4.44. The number of aromatic nitrogens is 2. The lowest BCUT2D eigenvalue weighted by atomic mass is 10.2. The van der Waals surface area contributed by atoms with Crippen molar-refractivity contribution in [2.24, 2.45) is 0 Å². The van der Waals surface area contributed by atoms with Gasteiger partial charge >= 0.3 is 0 Å². The summed E-state index contributed by atoms with van der Waals surface area (Å²) in [6.45, 7) is 0. The van der Waals surface area contributed by atoms with Crippen molar-refractivity contribution in [3.63, 3.8) is 0 Å². The smallest absolute Gasteiger partial charge is 0.280 e. The zero-order chi connectivity index (χ0) is 14.7. The highest BCUT2D eigenvalue weighted by Crippen LogP contribution is 2.17. The van der Waals surface area contributed by atoms with Crippen molar-refractivity contribution in [2.75, 3.05) is 18.2 Å². The molecule has 2 aromatic rings. The van der Waals surface area contributed by atoms with Gasteiger partial charge in [0, 0.05) is 5.56 Å². The topological polar surface area (TPSA) is 130 Å². The van der Waals surface area contributed by atoms with Crippen LogP contribution >= 0.6 is 0 Å². The monoisotopic (exact) mass is 276 g/mol. The number of rotatable bonds is 3. The first-order valence-corrected chi connectivity index (χ1v) is 5.55. The van der Waals surface area contributed by atoms with E-state index in [4.69, 9.17) is 10.5 Å². The third-order valence-electron chi connectivity index (χ3n) is 2.51. The Morgan fingerprint density at radius 2 is 2.05 bits per heavy atom. The van der Waals surface area contributed by atoms with Crippen molar-refractivity contribution in [2.45, 2.75) is 0 Å². The number of amides is 1. The molecule has 0 fully saturated rings.